The molecule has 1 aromatic heterocycles. The third-order valence-corrected chi connectivity index (χ3v) is 3.81. The van der Waals surface area contributed by atoms with Gasteiger partial charge in [-0.25, -0.2) is 9.97 Å². The fourth-order valence-electron chi connectivity index (χ4n) is 2.53. The Morgan fingerprint density at radius 1 is 1.40 bits per heavy atom. The average Bonchev–Trinajstić information content (AvgIpc) is 2.52. The van der Waals surface area contributed by atoms with Crippen LogP contribution in [-0.2, 0) is 0 Å². The Morgan fingerprint density at radius 3 is 2.90 bits per heavy atom. The summed E-state index contributed by atoms with van der Waals surface area (Å²) in [5, 5.41) is 3.16. The van der Waals surface area contributed by atoms with E-state index in [0.29, 0.717) is 11.6 Å². The molecule has 5 heteroatoms. The molecule has 1 aliphatic heterocycles. The zero-order valence-corrected chi connectivity index (χ0v) is 12.4. The van der Waals surface area contributed by atoms with Gasteiger partial charge in [-0.15, -0.1) is 0 Å². The largest absolute Gasteiger partial charge is 0.369 e. The summed E-state index contributed by atoms with van der Waals surface area (Å²) in [6.45, 7) is 6.84. The first-order chi connectivity index (χ1) is 9.74. The molecule has 1 amide bonds. The van der Waals surface area contributed by atoms with Gasteiger partial charge in [0.15, 0.2) is 0 Å². The molecule has 1 unspecified atom stereocenters. The predicted molar refractivity (Wildman–Crippen MR) is 79.7 cm³/mol. The molecule has 20 heavy (non-hydrogen) atoms. The Hall–Kier alpha value is -1.65. The van der Waals surface area contributed by atoms with Crippen LogP contribution < -0.4 is 5.32 Å². The van der Waals surface area contributed by atoms with Gasteiger partial charge < -0.3 is 10.2 Å². The molecule has 1 atom stereocenters. The van der Waals surface area contributed by atoms with Crippen LogP contribution in [0.25, 0.3) is 0 Å². The monoisotopic (exact) mass is 276 g/mol. The maximum Gasteiger partial charge on any atom is 0.274 e. The SMILES string of the molecule is CCCNc1cnc(C(=O)N2CCCC(CC)C2)cn1. The number of anilines is 1. The zero-order valence-electron chi connectivity index (χ0n) is 12.4. The summed E-state index contributed by atoms with van der Waals surface area (Å²) >= 11 is 0. The van der Waals surface area contributed by atoms with Crippen LogP contribution in [0.5, 0.6) is 0 Å². The number of amides is 1. The summed E-state index contributed by atoms with van der Waals surface area (Å²) in [7, 11) is 0. The summed E-state index contributed by atoms with van der Waals surface area (Å²) in [6.07, 6.45) is 7.71. The summed E-state index contributed by atoms with van der Waals surface area (Å²) in [4.78, 5) is 22.8. The Bertz CT molecular complexity index is 432. The lowest BCUT2D eigenvalue weighted by molar-refractivity contribution is 0.0665. The molecule has 0 bridgehead atoms. The number of carbonyl (C=O) groups excluding carboxylic acids is 1. The number of nitrogens with zero attached hydrogens (tertiary/aromatic N) is 3. The number of carbonyl (C=O) groups is 1. The van der Waals surface area contributed by atoms with Crippen molar-refractivity contribution in [2.45, 2.75) is 39.5 Å². The minimum atomic E-state index is 0.0118. The Kier molecular flexibility index (Phi) is 5.32. The van der Waals surface area contributed by atoms with Gasteiger partial charge in [-0.2, -0.15) is 0 Å². The molecule has 5 nitrogen and oxygen atoms in total. The lowest BCUT2D eigenvalue weighted by Gasteiger charge is -2.32. The van der Waals surface area contributed by atoms with Crippen LogP contribution in [0, 0.1) is 5.92 Å². The summed E-state index contributed by atoms with van der Waals surface area (Å²) in [6, 6.07) is 0. The second-order valence-electron chi connectivity index (χ2n) is 5.38. The first kappa shape index (κ1) is 14.8. The molecule has 1 saturated heterocycles. The molecular formula is C15H24N4O. The van der Waals surface area contributed by atoms with Crippen LogP contribution in [0.1, 0.15) is 50.0 Å². The predicted octanol–water partition coefficient (Wildman–Crippen LogP) is 2.56. The van der Waals surface area contributed by atoms with Gasteiger partial charge in [0.05, 0.1) is 12.4 Å². The highest BCUT2D eigenvalue weighted by Crippen LogP contribution is 2.20. The number of hydrogen-bond donors (Lipinski definition) is 1. The maximum atomic E-state index is 12.4. The number of nitrogens with one attached hydrogen (secondary N) is 1. The molecule has 1 aromatic rings. The van der Waals surface area contributed by atoms with Gasteiger partial charge in [-0.3, -0.25) is 4.79 Å². The number of hydrogen-bond acceptors (Lipinski definition) is 4. The van der Waals surface area contributed by atoms with Gasteiger partial charge in [-0.05, 0) is 25.2 Å². The summed E-state index contributed by atoms with van der Waals surface area (Å²) < 4.78 is 0. The molecule has 2 heterocycles. The first-order valence-electron chi connectivity index (χ1n) is 7.59. The topological polar surface area (TPSA) is 58.1 Å². The van der Waals surface area contributed by atoms with E-state index in [4.69, 9.17) is 0 Å². The fourth-order valence-corrected chi connectivity index (χ4v) is 2.53. The molecule has 1 aliphatic rings. The molecule has 0 aromatic carbocycles. The Morgan fingerprint density at radius 2 is 2.25 bits per heavy atom. The van der Waals surface area contributed by atoms with E-state index < -0.39 is 0 Å². The van der Waals surface area contributed by atoms with Crippen LogP contribution in [0.2, 0.25) is 0 Å². The van der Waals surface area contributed by atoms with E-state index in [1.165, 1.54) is 6.42 Å². The molecule has 1 N–H and O–H groups in total. The van der Waals surface area contributed by atoms with Gasteiger partial charge in [-0.1, -0.05) is 20.3 Å². The molecule has 0 radical (unpaired) electrons. The smallest absolute Gasteiger partial charge is 0.274 e. The average molecular weight is 276 g/mol. The lowest BCUT2D eigenvalue weighted by atomic mass is 9.95. The number of likely N-dealkylation sites (tertiary alicyclic amines) is 1. The molecular weight excluding hydrogens is 252 g/mol. The van der Waals surface area contributed by atoms with Crippen LogP contribution in [0.15, 0.2) is 12.4 Å². The molecule has 110 valence electrons. The molecule has 0 saturated carbocycles. The van der Waals surface area contributed by atoms with Crippen molar-refractivity contribution in [1.29, 1.82) is 0 Å². The standard InChI is InChI=1S/C15H24N4O/c1-3-7-16-14-10-17-13(9-18-14)15(20)19-8-5-6-12(4-2)11-19/h9-10,12H,3-8,11H2,1-2H3,(H,16,18). The summed E-state index contributed by atoms with van der Waals surface area (Å²) in [5.41, 5.74) is 0.448. The quantitative estimate of drug-likeness (QED) is 0.898. The number of rotatable bonds is 5. The normalized spacial score (nSPS) is 18.9. The van der Waals surface area contributed by atoms with Gasteiger partial charge in [0.1, 0.15) is 11.5 Å². The van der Waals surface area contributed by atoms with Crippen LogP contribution in [0.4, 0.5) is 5.82 Å². The van der Waals surface area contributed by atoms with Crippen molar-refractivity contribution < 1.29 is 4.79 Å². The van der Waals surface area contributed by atoms with E-state index in [2.05, 4.69) is 29.1 Å². The van der Waals surface area contributed by atoms with Gasteiger partial charge in [0.25, 0.3) is 5.91 Å². The van der Waals surface area contributed by atoms with Crippen molar-refractivity contribution in [2.75, 3.05) is 25.0 Å². The van der Waals surface area contributed by atoms with Gasteiger partial charge in [0.2, 0.25) is 0 Å². The molecule has 0 spiro atoms. The van der Waals surface area contributed by atoms with E-state index in [-0.39, 0.29) is 5.91 Å². The van der Waals surface area contributed by atoms with E-state index >= 15 is 0 Å². The van der Waals surface area contributed by atoms with Gasteiger partial charge >= 0.3 is 0 Å². The third-order valence-electron chi connectivity index (χ3n) is 3.81. The van der Waals surface area contributed by atoms with Crippen molar-refractivity contribution in [3.8, 4) is 0 Å². The highest BCUT2D eigenvalue weighted by Gasteiger charge is 2.24. The van der Waals surface area contributed by atoms with Crippen molar-refractivity contribution in [3.05, 3.63) is 18.1 Å². The summed E-state index contributed by atoms with van der Waals surface area (Å²) in [5.74, 6) is 1.37. The fraction of sp³-hybridized carbons (Fsp3) is 0.667. The number of piperidine rings is 1. The zero-order chi connectivity index (χ0) is 14.4. The van der Waals surface area contributed by atoms with E-state index in [1.54, 1.807) is 12.4 Å². The van der Waals surface area contributed by atoms with Crippen LogP contribution >= 0.6 is 0 Å². The molecule has 0 aliphatic carbocycles. The Balaban J connectivity index is 1.98. The minimum absolute atomic E-state index is 0.0118. The maximum absolute atomic E-state index is 12.4. The second-order valence-corrected chi connectivity index (χ2v) is 5.38. The second kappa shape index (κ2) is 7.22. The first-order valence-corrected chi connectivity index (χ1v) is 7.59. The van der Waals surface area contributed by atoms with E-state index in [9.17, 15) is 4.79 Å². The van der Waals surface area contributed by atoms with Crippen molar-refractivity contribution in [2.24, 2.45) is 5.92 Å². The van der Waals surface area contributed by atoms with Gasteiger partial charge in [0, 0.05) is 19.6 Å². The Labute approximate surface area is 120 Å². The van der Waals surface area contributed by atoms with E-state index in [0.717, 1.165) is 44.7 Å². The van der Waals surface area contributed by atoms with Crippen LogP contribution in [-0.4, -0.2) is 40.4 Å². The number of aromatic nitrogens is 2. The third kappa shape index (κ3) is 3.68. The van der Waals surface area contributed by atoms with Crippen molar-refractivity contribution in [1.82, 2.24) is 14.9 Å². The minimum Gasteiger partial charge on any atom is -0.369 e. The lowest BCUT2D eigenvalue weighted by Crippen LogP contribution is -2.40. The highest BCUT2D eigenvalue weighted by molar-refractivity contribution is 5.92. The highest BCUT2D eigenvalue weighted by atomic mass is 16.2. The molecule has 2 rings (SSSR count). The van der Waals surface area contributed by atoms with Crippen molar-refractivity contribution in [3.63, 3.8) is 0 Å². The van der Waals surface area contributed by atoms with Crippen LogP contribution in [0.3, 0.4) is 0 Å². The van der Waals surface area contributed by atoms with Crippen molar-refractivity contribution >= 4 is 11.7 Å². The van der Waals surface area contributed by atoms with E-state index in [1.807, 2.05) is 4.90 Å². The molecule has 1 fully saturated rings.